The molecule has 0 aliphatic carbocycles. The van der Waals surface area contributed by atoms with Gasteiger partial charge >= 0.3 is 0 Å². The van der Waals surface area contributed by atoms with E-state index in [0.717, 1.165) is 26.1 Å². The summed E-state index contributed by atoms with van der Waals surface area (Å²) in [6.45, 7) is 4.22. The van der Waals surface area contributed by atoms with Crippen LogP contribution in [0.2, 0.25) is 0 Å². The molecule has 0 saturated carbocycles. The first-order valence-electron chi connectivity index (χ1n) is 8.73. The van der Waals surface area contributed by atoms with Crippen LogP contribution in [0.5, 0.6) is 0 Å². The van der Waals surface area contributed by atoms with Crippen molar-refractivity contribution in [1.29, 1.82) is 0 Å². The molecule has 1 aromatic rings. The first-order valence-corrected chi connectivity index (χ1v) is 10.2. The molecule has 7 nitrogen and oxygen atoms in total. The molecule has 27 heavy (non-hydrogen) atoms. The Morgan fingerprint density at radius 2 is 1.85 bits per heavy atom. The molecule has 3 rings (SSSR count). The molecule has 1 unspecified atom stereocenters. The van der Waals surface area contributed by atoms with Crippen LogP contribution in [0.3, 0.4) is 0 Å². The van der Waals surface area contributed by atoms with Crippen molar-refractivity contribution in [2.45, 2.75) is 17.9 Å². The maximum Gasteiger partial charge on any atom is 0.243 e. The van der Waals surface area contributed by atoms with E-state index in [9.17, 15) is 13.2 Å². The minimum absolute atomic E-state index is 0. The first-order chi connectivity index (χ1) is 12.0. The maximum atomic E-state index is 13.0. The predicted octanol–water partition coefficient (Wildman–Crippen LogP) is 0.692. The molecule has 2 aliphatic heterocycles. The molecular formula is C17H28Cl2N4O3S. The molecule has 1 aromatic carbocycles. The number of benzene rings is 1. The Hall–Kier alpha value is -0.900. The monoisotopic (exact) mass is 438 g/mol. The number of halogens is 2. The van der Waals surface area contributed by atoms with E-state index in [-0.39, 0.29) is 43.2 Å². The Kier molecular flexibility index (Phi) is 9.47. The highest BCUT2D eigenvalue weighted by Crippen LogP contribution is 2.21. The number of hydrogen-bond acceptors (Lipinski definition) is 5. The molecule has 2 heterocycles. The molecular weight excluding hydrogens is 411 g/mol. The van der Waals surface area contributed by atoms with Gasteiger partial charge in [-0.1, -0.05) is 18.2 Å². The lowest BCUT2D eigenvalue weighted by Gasteiger charge is -2.32. The number of nitrogens with zero attached hydrogens (tertiary/aromatic N) is 2. The Balaban J connectivity index is 0.00000182. The Bertz CT molecular complexity index is 719. The molecule has 10 heteroatoms. The summed E-state index contributed by atoms with van der Waals surface area (Å²) in [5.74, 6) is -0.0433. The van der Waals surface area contributed by atoms with E-state index >= 15 is 0 Å². The van der Waals surface area contributed by atoms with Gasteiger partial charge in [0.15, 0.2) is 0 Å². The van der Waals surface area contributed by atoms with Gasteiger partial charge < -0.3 is 15.5 Å². The summed E-state index contributed by atoms with van der Waals surface area (Å²) in [6.07, 6.45) is 0.826. The van der Waals surface area contributed by atoms with E-state index in [4.69, 9.17) is 0 Å². The highest BCUT2D eigenvalue weighted by atomic mass is 35.5. The lowest BCUT2D eigenvalue weighted by atomic mass is 10.1. The fraction of sp³-hybridized carbons (Fsp3) is 0.588. The van der Waals surface area contributed by atoms with Crippen LogP contribution in [0.4, 0.5) is 0 Å². The third-order valence-corrected chi connectivity index (χ3v) is 6.94. The number of rotatable bonds is 5. The Morgan fingerprint density at radius 1 is 1.19 bits per heavy atom. The molecule has 2 aliphatic rings. The molecule has 1 amide bonds. The van der Waals surface area contributed by atoms with Gasteiger partial charge in [-0.25, -0.2) is 8.42 Å². The molecule has 1 atom stereocenters. The van der Waals surface area contributed by atoms with Crippen LogP contribution in [-0.4, -0.2) is 69.8 Å². The maximum absolute atomic E-state index is 13.0. The van der Waals surface area contributed by atoms with Crippen molar-refractivity contribution in [1.82, 2.24) is 19.8 Å². The number of carbonyl (C=O) groups is 1. The van der Waals surface area contributed by atoms with E-state index in [0.29, 0.717) is 30.1 Å². The molecule has 2 saturated heterocycles. The number of amides is 1. The standard InChI is InChI=1S/C17H26N4O3S.2ClH/c1-20-8-10-21(11-9-20)25(23,24)16-5-3-2-4-14(16)13-19-17(22)15-6-7-18-12-15;;/h2-5,15,18H,6-13H2,1H3,(H,19,22);2*1H. The van der Waals surface area contributed by atoms with Crippen molar-refractivity contribution >= 4 is 40.7 Å². The fourth-order valence-corrected chi connectivity index (χ4v) is 4.92. The van der Waals surface area contributed by atoms with Gasteiger partial charge in [0, 0.05) is 39.3 Å². The average molecular weight is 439 g/mol. The van der Waals surface area contributed by atoms with Crippen LogP contribution in [0.25, 0.3) is 0 Å². The smallest absolute Gasteiger partial charge is 0.243 e. The Morgan fingerprint density at radius 3 is 2.48 bits per heavy atom. The lowest BCUT2D eigenvalue weighted by Crippen LogP contribution is -2.47. The van der Waals surface area contributed by atoms with Crippen molar-refractivity contribution in [3.05, 3.63) is 29.8 Å². The zero-order chi connectivity index (χ0) is 17.9. The predicted molar refractivity (Wildman–Crippen MR) is 110 cm³/mol. The third kappa shape index (κ3) is 5.79. The van der Waals surface area contributed by atoms with Crippen LogP contribution in [-0.2, 0) is 21.4 Å². The number of nitrogens with one attached hydrogen (secondary N) is 2. The van der Waals surface area contributed by atoms with E-state index < -0.39 is 10.0 Å². The lowest BCUT2D eigenvalue weighted by molar-refractivity contribution is -0.124. The highest BCUT2D eigenvalue weighted by Gasteiger charge is 2.29. The van der Waals surface area contributed by atoms with Crippen LogP contribution in [0.15, 0.2) is 29.2 Å². The summed E-state index contributed by atoms with van der Waals surface area (Å²) in [4.78, 5) is 14.6. The largest absolute Gasteiger partial charge is 0.352 e. The zero-order valence-corrected chi connectivity index (χ0v) is 17.8. The molecule has 0 bridgehead atoms. The summed E-state index contributed by atoms with van der Waals surface area (Å²) in [7, 11) is -1.55. The van der Waals surface area contributed by atoms with Crippen LogP contribution < -0.4 is 10.6 Å². The number of sulfonamides is 1. The minimum atomic E-state index is -3.54. The molecule has 0 radical (unpaired) electrons. The van der Waals surface area contributed by atoms with Gasteiger partial charge in [-0.3, -0.25) is 4.79 Å². The van der Waals surface area contributed by atoms with E-state index in [2.05, 4.69) is 15.5 Å². The molecule has 0 aromatic heterocycles. The summed E-state index contributed by atoms with van der Waals surface area (Å²) >= 11 is 0. The zero-order valence-electron chi connectivity index (χ0n) is 15.4. The van der Waals surface area contributed by atoms with E-state index in [1.165, 1.54) is 4.31 Å². The number of likely N-dealkylation sites (N-methyl/N-ethyl adjacent to an activating group) is 1. The molecule has 0 spiro atoms. The van der Waals surface area contributed by atoms with Gasteiger partial charge in [0.05, 0.1) is 10.8 Å². The van der Waals surface area contributed by atoms with Crippen molar-refractivity contribution in [3.63, 3.8) is 0 Å². The molecule has 2 fully saturated rings. The Labute approximate surface area is 173 Å². The van der Waals surface area contributed by atoms with Crippen LogP contribution in [0, 0.1) is 5.92 Å². The third-order valence-electron chi connectivity index (χ3n) is 4.94. The van der Waals surface area contributed by atoms with Gasteiger partial charge in [0.2, 0.25) is 15.9 Å². The van der Waals surface area contributed by atoms with Crippen molar-refractivity contribution in [3.8, 4) is 0 Å². The molecule has 154 valence electrons. The van der Waals surface area contributed by atoms with Crippen LogP contribution in [0.1, 0.15) is 12.0 Å². The van der Waals surface area contributed by atoms with Crippen LogP contribution >= 0.6 is 24.8 Å². The second-order valence-electron chi connectivity index (χ2n) is 6.72. The summed E-state index contributed by atoms with van der Waals surface area (Å²) < 4.78 is 27.5. The summed E-state index contributed by atoms with van der Waals surface area (Å²) in [5.41, 5.74) is 0.640. The summed E-state index contributed by atoms with van der Waals surface area (Å²) in [5, 5.41) is 6.06. The topological polar surface area (TPSA) is 81.8 Å². The minimum Gasteiger partial charge on any atom is -0.352 e. The quantitative estimate of drug-likeness (QED) is 0.706. The summed E-state index contributed by atoms with van der Waals surface area (Å²) in [6, 6.07) is 6.94. The average Bonchev–Trinajstić information content (AvgIpc) is 3.15. The van der Waals surface area contributed by atoms with Gasteiger partial charge in [0.1, 0.15) is 0 Å². The van der Waals surface area contributed by atoms with Crippen molar-refractivity contribution in [2.24, 2.45) is 5.92 Å². The van der Waals surface area contributed by atoms with Gasteiger partial charge in [-0.15, -0.1) is 24.8 Å². The first kappa shape index (κ1) is 24.1. The second kappa shape index (κ2) is 10.6. The van der Waals surface area contributed by atoms with Crippen molar-refractivity contribution < 1.29 is 13.2 Å². The number of carbonyl (C=O) groups excluding carboxylic acids is 1. The normalized spacial score (nSPS) is 21.1. The van der Waals surface area contributed by atoms with E-state index in [1.54, 1.807) is 18.2 Å². The fourth-order valence-electron chi connectivity index (χ4n) is 3.27. The SMILES string of the molecule is CN1CCN(S(=O)(=O)c2ccccc2CNC(=O)C2CCNC2)CC1.Cl.Cl. The van der Waals surface area contributed by atoms with Gasteiger partial charge in [-0.05, 0) is 31.6 Å². The van der Waals surface area contributed by atoms with Gasteiger partial charge in [0.25, 0.3) is 0 Å². The van der Waals surface area contributed by atoms with E-state index in [1.807, 2.05) is 13.1 Å². The van der Waals surface area contributed by atoms with Gasteiger partial charge in [-0.2, -0.15) is 4.31 Å². The van der Waals surface area contributed by atoms with Crippen molar-refractivity contribution in [2.75, 3.05) is 46.3 Å². The second-order valence-corrected chi connectivity index (χ2v) is 8.63. The molecule has 2 N–H and O–H groups in total. The highest BCUT2D eigenvalue weighted by molar-refractivity contribution is 7.89. The number of piperazine rings is 1. The number of hydrogen-bond donors (Lipinski definition) is 2.